The number of aromatic nitrogens is 2. The van der Waals surface area contributed by atoms with Gasteiger partial charge in [-0.15, -0.1) is 0 Å². The lowest BCUT2D eigenvalue weighted by Crippen LogP contribution is -2.22. The number of anilines is 1. The van der Waals surface area contributed by atoms with Crippen LogP contribution < -0.4 is 15.8 Å². The Labute approximate surface area is 156 Å². The average molecular weight is 368 g/mol. The molecular weight excluding hydrogens is 350 g/mol. The Kier molecular flexibility index (Phi) is 5.34. The Bertz CT molecular complexity index is 903. The third-order valence-corrected chi connectivity index (χ3v) is 3.62. The molecule has 0 aliphatic rings. The van der Waals surface area contributed by atoms with Gasteiger partial charge in [0, 0.05) is 22.1 Å². The number of guanidine groups is 1. The van der Waals surface area contributed by atoms with Crippen LogP contribution in [-0.4, -0.2) is 15.9 Å². The summed E-state index contributed by atoms with van der Waals surface area (Å²) in [5.74, 6) is 1.95. The van der Waals surface area contributed by atoms with Crippen molar-refractivity contribution in [2.24, 2.45) is 10.7 Å². The maximum absolute atomic E-state index is 5.93. The Morgan fingerprint density at radius 2 is 1.50 bits per heavy atom. The summed E-state index contributed by atoms with van der Waals surface area (Å²) in [5.41, 5.74) is 8.39. The van der Waals surface area contributed by atoms with Crippen LogP contribution in [-0.2, 0) is 0 Å². The molecule has 6 nitrogen and oxygen atoms in total. The second kappa shape index (κ2) is 7.84. The standard InChI is InChI=1S/C19H18ClN5O/c1-12-11-13(2)23-19(22-12)25-18(21)24-15-5-9-17(10-6-15)26-16-7-3-14(20)4-8-16/h3-11H,1-2H3,(H3,21,22,23,24,25). The lowest BCUT2D eigenvalue weighted by Gasteiger charge is -2.08. The second-order valence-corrected chi connectivity index (χ2v) is 6.09. The van der Waals surface area contributed by atoms with E-state index in [4.69, 9.17) is 22.1 Å². The Balaban J connectivity index is 1.66. The van der Waals surface area contributed by atoms with Gasteiger partial charge in [-0.3, -0.25) is 0 Å². The van der Waals surface area contributed by atoms with Crippen molar-refractivity contribution in [1.29, 1.82) is 0 Å². The molecule has 0 unspecified atom stereocenters. The number of benzene rings is 2. The highest BCUT2D eigenvalue weighted by molar-refractivity contribution is 6.30. The first-order chi connectivity index (χ1) is 12.5. The molecule has 1 aromatic heterocycles. The van der Waals surface area contributed by atoms with Crippen molar-refractivity contribution in [3.05, 3.63) is 71.0 Å². The third kappa shape index (κ3) is 4.94. The highest BCUT2D eigenvalue weighted by Gasteiger charge is 2.02. The predicted octanol–water partition coefficient (Wildman–Crippen LogP) is 4.60. The van der Waals surface area contributed by atoms with E-state index >= 15 is 0 Å². The molecule has 1 heterocycles. The zero-order chi connectivity index (χ0) is 18.5. The zero-order valence-corrected chi connectivity index (χ0v) is 15.2. The summed E-state index contributed by atoms with van der Waals surface area (Å²) in [4.78, 5) is 12.7. The molecule has 0 bridgehead atoms. The van der Waals surface area contributed by atoms with Crippen LogP contribution in [0.1, 0.15) is 11.4 Å². The molecule has 132 valence electrons. The predicted molar refractivity (Wildman–Crippen MR) is 104 cm³/mol. The lowest BCUT2D eigenvalue weighted by molar-refractivity contribution is 0.483. The van der Waals surface area contributed by atoms with Crippen molar-refractivity contribution < 1.29 is 4.74 Å². The van der Waals surface area contributed by atoms with Crippen molar-refractivity contribution in [1.82, 2.24) is 9.97 Å². The van der Waals surface area contributed by atoms with Gasteiger partial charge in [0.25, 0.3) is 5.95 Å². The Morgan fingerprint density at radius 1 is 0.962 bits per heavy atom. The number of nitrogens with two attached hydrogens (primary N) is 1. The van der Waals surface area contributed by atoms with Crippen LogP contribution in [0, 0.1) is 13.8 Å². The second-order valence-electron chi connectivity index (χ2n) is 5.65. The summed E-state index contributed by atoms with van der Waals surface area (Å²) in [7, 11) is 0. The number of ether oxygens (including phenoxy) is 1. The summed E-state index contributed by atoms with van der Waals surface area (Å²) < 4.78 is 5.75. The highest BCUT2D eigenvalue weighted by Crippen LogP contribution is 2.24. The molecule has 0 atom stereocenters. The van der Waals surface area contributed by atoms with Gasteiger partial charge >= 0.3 is 0 Å². The molecule has 3 aromatic rings. The van der Waals surface area contributed by atoms with Crippen molar-refractivity contribution in [2.45, 2.75) is 13.8 Å². The van der Waals surface area contributed by atoms with Gasteiger partial charge in [0.1, 0.15) is 11.5 Å². The zero-order valence-electron chi connectivity index (χ0n) is 14.4. The molecule has 0 aliphatic heterocycles. The van der Waals surface area contributed by atoms with Crippen molar-refractivity contribution in [3.8, 4) is 11.5 Å². The van der Waals surface area contributed by atoms with Crippen molar-refractivity contribution in [3.63, 3.8) is 0 Å². The topological polar surface area (TPSA) is 85.4 Å². The van der Waals surface area contributed by atoms with E-state index < -0.39 is 0 Å². The fourth-order valence-electron chi connectivity index (χ4n) is 2.29. The van der Waals surface area contributed by atoms with E-state index in [-0.39, 0.29) is 5.96 Å². The van der Waals surface area contributed by atoms with E-state index in [9.17, 15) is 0 Å². The summed E-state index contributed by atoms with van der Waals surface area (Å²) in [5, 5.41) is 3.67. The average Bonchev–Trinajstić information content (AvgIpc) is 2.57. The highest BCUT2D eigenvalue weighted by atomic mass is 35.5. The first-order valence-corrected chi connectivity index (χ1v) is 8.33. The van der Waals surface area contributed by atoms with Gasteiger partial charge in [-0.05, 0) is 68.4 Å². The van der Waals surface area contributed by atoms with Crippen LogP contribution >= 0.6 is 11.6 Å². The summed E-state index contributed by atoms with van der Waals surface area (Å²) in [6.07, 6.45) is 0. The molecule has 0 saturated heterocycles. The molecule has 0 aliphatic carbocycles. The van der Waals surface area contributed by atoms with E-state index in [0.717, 1.165) is 17.1 Å². The maximum atomic E-state index is 5.93. The van der Waals surface area contributed by atoms with Crippen LogP contribution in [0.2, 0.25) is 5.02 Å². The molecule has 0 amide bonds. The number of rotatable bonds is 4. The molecule has 3 N–H and O–H groups in total. The molecule has 2 aromatic carbocycles. The van der Waals surface area contributed by atoms with Gasteiger partial charge in [0.2, 0.25) is 5.96 Å². The fraction of sp³-hybridized carbons (Fsp3) is 0.105. The van der Waals surface area contributed by atoms with Crippen molar-refractivity contribution in [2.75, 3.05) is 5.32 Å². The van der Waals surface area contributed by atoms with Crippen LogP contribution in [0.25, 0.3) is 0 Å². The minimum absolute atomic E-state index is 0.210. The normalized spacial score (nSPS) is 11.3. The third-order valence-electron chi connectivity index (χ3n) is 3.37. The molecule has 26 heavy (non-hydrogen) atoms. The van der Waals surface area contributed by atoms with Gasteiger partial charge in [-0.2, -0.15) is 4.99 Å². The summed E-state index contributed by atoms with van der Waals surface area (Å²) in [6, 6.07) is 16.4. The van der Waals surface area contributed by atoms with E-state index in [2.05, 4.69) is 20.3 Å². The lowest BCUT2D eigenvalue weighted by atomic mass is 10.3. The van der Waals surface area contributed by atoms with Crippen LogP contribution in [0.3, 0.4) is 0 Å². The first kappa shape index (κ1) is 17.7. The number of aryl methyl sites for hydroxylation is 2. The van der Waals surface area contributed by atoms with E-state index in [0.29, 0.717) is 22.5 Å². The summed E-state index contributed by atoms with van der Waals surface area (Å²) >= 11 is 5.86. The summed E-state index contributed by atoms with van der Waals surface area (Å²) in [6.45, 7) is 3.77. The van der Waals surface area contributed by atoms with E-state index in [1.165, 1.54) is 0 Å². The molecule has 0 saturated carbocycles. The SMILES string of the molecule is Cc1cc(C)nc(N=C(N)Nc2ccc(Oc3ccc(Cl)cc3)cc2)n1. The first-order valence-electron chi connectivity index (χ1n) is 7.95. The smallest absolute Gasteiger partial charge is 0.253 e. The van der Waals surface area contributed by atoms with Crippen LogP contribution in [0.4, 0.5) is 11.6 Å². The number of aliphatic imine (C=N–C) groups is 1. The van der Waals surface area contributed by atoms with E-state index in [1.807, 2.05) is 56.3 Å². The maximum Gasteiger partial charge on any atom is 0.253 e. The van der Waals surface area contributed by atoms with E-state index in [1.54, 1.807) is 12.1 Å². The molecule has 7 heteroatoms. The Hall–Kier alpha value is -3.12. The number of halogens is 1. The van der Waals surface area contributed by atoms with Crippen LogP contribution in [0.15, 0.2) is 59.6 Å². The molecular formula is C19H18ClN5O. The number of hydrogen-bond acceptors (Lipinski definition) is 4. The Morgan fingerprint density at radius 3 is 2.08 bits per heavy atom. The number of hydrogen-bond donors (Lipinski definition) is 2. The molecule has 0 spiro atoms. The minimum Gasteiger partial charge on any atom is -0.457 e. The van der Waals surface area contributed by atoms with Crippen LogP contribution in [0.5, 0.6) is 11.5 Å². The number of nitrogens with zero attached hydrogens (tertiary/aromatic N) is 3. The molecule has 3 rings (SSSR count). The van der Waals surface area contributed by atoms with Crippen molar-refractivity contribution >= 4 is 29.2 Å². The van der Waals surface area contributed by atoms with Gasteiger partial charge in [-0.1, -0.05) is 11.6 Å². The monoisotopic (exact) mass is 367 g/mol. The number of nitrogens with one attached hydrogen (secondary N) is 1. The van der Waals surface area contributed by atoms with Gasteiger partial charge < -0.3 is 15.8 Å². The fourth-order valence-corrected chi connectivity index (χ4v) is 2.41. The van der Waals surface area contributed by atoms with Gasteiger partial charge in [-0.25, -0.2) is 9.97 Å². The van der Waals surface area contributed by atoms with Gasteiger partial charge in [0.15, 0.2) is 0 Å². The molecule has 0 fully saturated rings. The molecule has 0 radical (unpaired) electrons. The quantitative estimate of drug-likeness (QED) is 0.520. The minimum atomic E-state index is 0.210. The largest absolute Gasteiger partial charge is 0.457 e. The van der Waals surface area contributed by atoms with Gasteiger partial charge in [0.05, 0.1) is 0 Å².